The second-order valence-corrected chi connectivity index (χ2v) is 4.80. The highest BCUT2D eigenvalue weighted by molar-refractivity contribution is 6.34. The first-order valence-electron chi connectivity index (χ1n) is 4.15. The van der Waals surface area contributed by atoms with Gasteiger partial charge in [-0.1, -0.05) is 23.2 Å². The third-order valence-corrected chi connectivity index (χ3v) is 3.29. The van der Waals surface area contributed by atoms with Gasteiger partial charge in [-0.3, -0.25) is 0 Å². The number of rotatable bonds is 5. The third-order valence-electron chi connectivity index (χ3n) is 1.98. The fourth-order valence-electron chi connectivity index (χ4n) is 0.829. The second kappa shape index (κ2) is 5.20. The van der Waals surface area contributed by atoms with Crippen LogP contribution >= 0.6 is 34.8 Å². The normalized spacial score (nSPS) is 20.0. The number of carbonyl (C=O) groups excluding carboxylic acids is 1. The van der Waals surface area contributed by atoms with Gasteiger partial charge in [0.1, 0.15) is 0 Å². The SMILES string of the molecule is COC(=O)C(F)(F)C(F)(Cl)C(F)(F)C(F)(Cl)C(F)(F)Cl. The first kappa shape index (κ1) is 19.8. The van der Waals surface area contributed by atoms with Crippen molar-refractivity contribution in [2.24, 2.45) is 0 Å². The molecule has 2 unspecified atom stereocenters. The maximum atomic E-state index is 13.4. The molecule has 0 amide bonds. The van der Waals surface area contributed by atoms with E-state index in [1.54, 1.807) is 0 Å². The molecule has 0 spiro atoms. The molecule has 120 valence electrons. The summed E-state index contributed by atoms with van der Waals surface area (Å²) < 4.78 is 107. The summed E-state index contributed by atoms with van der Waals surface area (Å²) in [7, 11) is 0.223. The Labute approximate surface area is 120 Å². The molecular formula is C7H3Cl3F8O2. The Balaban J connectivity index is 6.00. The Bertz CT molecular complexity index is 392. The minimum Gasteiger partial charge on any atom is -0.464 e. The van der Waals surface area contributed by atoms with E-state index < -0.39 is 33.5 Å². The van der Waals surface area contributed by atoms with Crippen LogP contribution < -0.4 is 0 Å². The molecule has 13 heteroatoms. The average molecular weight is 377 g/mol. The maximum absolute atomic E-state index is 13.4. The van der Waals surface area contributed by atoms with E-state index in [-0.39, 0.29) is 7.11 Å². The number of carbonyl (C=O) groups is 1. The van der Waals surface area contributed by atoms with Gasteiger partial charge in [-0.2, -0.15) is 26.3 Å². The summed E-state index contributed by atoms with van der Waals surface area (Å²) in [5, 5.41) is -17.5. The number of ether oxygens (including phenoxy) is 1. The summed E-state index contributed by atoms with van der Waals surface area (Å²) in [5.41, 5.74) is 0. The van der Waals surface area contributed by atoms with Crippen LogP contribution in [0.25, 0.3) is 0 Å². The Morgan fingerprint density at radius 3 is 1.45 bits per heavy atom. The highest BCUT2D eigenvalue weighted by atomic mass is 35.5. The molecular weight excluding hydrogens is 374 g/mol. The molecule has 0 saturated heterocycles. The zero-order valence-corrected chi connectivity index (χ0v) is 11.2. The number of hydrogen-bond acceptors (Lipinski definition) is 2. The lowest BCUT2D eigenvalue weighted by Gasteiger charge is -2.38. The molecule has 0 bridgehead atoms. The minimum absolute atomic E-state index is 0.223. The van der Waals surface area contributed by atoms with Crippen molar-refractivity contribution < 1.29 is 44.7 Å². The highest BCUT2D eigenvalue weighted by Crippen LogP contribution is 2.60. The van der Waals surface area contributed by atoms with Gasteiger partial charge in [-0.25, -0.2) is 13.6 Å². The van der Waals surface area contributed by atoms with Gasteiger partial charge < -0.3 is 4.74 Å². The van der Waals surface area contributed by atoms with E-state index in [2.05, 4.69) is 39.5 Å². The van der Waals surface area contributed by atoms with Crippen LogP contribution in [0.4, 0.5) is 35.1 Å². The summed E-state index contributed by atoms with van der Waals surface area (Å²) in [5.74, 6) is -15.4. The number of esters is 1. The molecule has 20 heavy (non-hydrogen) atoms. The van der Waals surface area contributed by atoms with E-state index in [0.29, 0.717) is 0 Å². The highest BCUT2D eigenvalue weighted by Gasteiger charge is 2.85. The maximum Gasteiger partial charge on any atom is 0.395 e. The molecule has 0 aliphatic heterocycles. The van der Waals surface area contributed by atoms with Gasteiger partial charge in [0.15, 0.2) is 0 Å². The van der Waals surface area contributed by atoms with Crippen molar-refractivity contribution >= 4 is 40.8 Å². The van der Waals surface area contributed by atoms with Gasteiger partial charge in [0.25, 0.3) is 0 Å². The monoisotopic (exact) mass is 376 g/mol. The average Bonchev–Trinajstić information content (AvgIpc) is 2.25. The van der Waals surface area contributed by atoms with Crippen molar-refractivity contribution in [2.45, 2.75) is 27.5 Å². The molecule has 0 aliphatic rings. The zero-order valence-electron chi connectivity index (χ0n) is 8.97. The van der Waals surface area contributed by atoms with Crippen molar-refractivity contribution in [2.75, 3.05) is 7.11 Å². The fourth-order valence-corrected chi connectivity index (χ4v) is 1.33. The topological polar surface area (TPSA) is 26.3 Å². The van der Waals surface area contributed by atoms with Crippen molar-refractivity contribution in [3.8, 4) is 0 Å². The molecule has 0 saturated carbocycles. The lowest BCUT2D eigenvalue weighted by molar-refractivity contribution is -0.265. The number of alkyl halides is 11. The van der Waals surface area contributed by atoms with Crippen LogP contribution in [-0.2, 0) is 9.53 Å². The number of hydrogen-bond donors (Lipinski definition) is 0. The van der Waals surface area contributed by atoms with Crippen LogP contribution in [0.3, 0.4) is 0 Å². The van der Waals surface area contributed by atoms with Gasteiger partial charge in [0.2, 0.25) is 0 Å². The Morgan fingerprint density at radius 1 is 0.850 bits per heavy atom. The van der Waals surface area contributed by atoms with Crippen molar-refractivity contribution in [3.63, 3.8) is 0 Å². The lowest BCUT2D eigenvalue weighted by atomic mass is 10.0. The Kier molecular flexibility index (Phi) is 5.15. The fraction of sp³-hybridized carbons (Fsp3) is 0.857. The summed E-state index contributed by atoms with van der Waals surface area (Å²) in [6, 6.07) is 0. The first-order chi connectivity index (χ1) is 8.48. The standard InChI is InChI=1S/C7H3Cl3F8O2/c1-20-2(19)3(11,12)4(8,13)6(15,16)5(9,14)7(10,17)18/h1H3. The van der Waals surface area contributed by atoms with Crippen LogP contribution in [0.15, 0.2) is 0 Å². The molecule has 0 aromatic rings. The Morgan fingerprint density at radius 2 is 1.20 bits per heavy atom. The molecule has 0 aliphatic carbocycles. The van der Waals surface area contributed by atoms with Gasteiger partial charge in [0.05, 0.1) is 7.11 Å². The van der Waals surface area contributed by atoms with Crippen LogP contribution in [0.2, 0.25) is 0 Å². The molecule has 0 N–H and O–H groups in total. The molecule has 2 atom stereocenters. The molecule has 0 rings (SSSR count). The summed E-state index contributed by atoms with van der Waals surface area (Å²) in [4.78, 5) is 10.5. The Hall–Kier alpha value is -0.220. The molecule has 0 heterocycles. The molecule has 2 nitrogen and oxygen atoms in total. The smallest absolute Gasteiger partial charge is 0.395 e. The number of methoxy groups -OCH3 is 1. The second-order valence-electron chi connectivity index (χ2n) is 3.29. The van der Waals surface area contributed by atoms with E-state index in [0.717, 1.165) is 0 Å². The molecule has 0 fully saturated rings. The van der Waals surface area contributed by atoms with Crippen molar-refractivity contribution in [1.82, 2.24) is 0 Å². The van der Waals surface area contributed by atoms with E-state index in [4.69, 9.17) is 0 Å². The van der Waals surface area contributed by atoms with Crippen LogP contribution in [0, 0.1) is 0 Å². The summed E-state index contributed by atoms with van der Waals surface area (Å²) in [6.07, 6.45) is 0. The van der Waals surface area contributed by atoms with E-state index in [1.807, 2.05) is 0 Å². The van der Waals surface area contributed by atoms with Crippen LogP contribution in [0.5, 0.6) is 0 Å². The number of halogens is 11. The summed E-state index contributed by atoms with van der Waals surface area (Å²) in [6.45, 7) is 0. The largest absolute Gasteiger partial charge is 0.464 e. The molecule has 0 aromatic heterocycles. The van der Waals surface area contributed by atoms with Gasteiger partial charge in [-0.05, 0) is 11.6 Å². The van der Waals surface area contributed by atoms with Crippen molar-refractivity contribution in [1.29, 1.82) is 0 Å². The van der Waals surface area contributed by atoms with E-state index in [9.17, 15) is 39.9 Å². The lowest BCUT2D eigenvalue weighted by Crippen LogP contribution is -2.67. The van der Waals surface area contributed by atoms with E-state index >= 15 is 0 Å². The van der Waals surface area contributed by atoms with Gasteiger partial charge in [-0.15, -0.1) is 0 Å². The predicted molar refractivity (Wildman–Crippen MR) is 52.1 cm³/mol. The quantitative estimate of drug-likeness (QED) is 0.410. The molecule has 0 radical (unpaired) electrons. The minimum atomic E-state index is -6.49. The summed E-state index contributed by atoms with van der Waals surface area (Å²) >= 11 is 12.0. The van der Waals surface area contributed by atoms with Gasteiger partial charge >= 0.3 is 33.5 Å². The third kappa shape index (κ3) is 2.61. The van der Waals surface area contributed by atoms with Crippen LogP contribution in [0.1, 0.15) is 0 Å². The van der Waals surface area contributed by atoms with Crippen LogP contribution in [-0.4, -0.2) is 40.6 Å². The van der Waals surface area contributed by atoms with Crippen molar-refractivity contribution in [3.05, 3.63) is 0 Å². The predicted octanol–water partition coefficient (Wildman–Crippen LogP) is 4.07. The first-order valence-corrected chi connectivity index (χ1v) is 5.28. The zero-order chi connectivity index (χ0) is 16.8. The molecule has 0 aromatic carbocycles. The van der Waals surface area contributed by atoms with E-state index in [1.165, 1.54) is 0 Å². The van der Waals surface area contributed by atoms with Gasteiger partial charge in [0, 0.05) is 0 Å².